The van der Waals surface area contributed by atoms with E-state index in [1.807, 2.05) is 12.1 Å². The number of H-pyrrole nitrogens is 1. The van der Waals surface area contributed by atoms with Crippen LogP contribution in [0.2, 0.25) is 0 Å². The van der Waals surface area contributed by atoms with E-state index in [-0.39, 0.29) is 34.2 Å². The average Bonchev–Trinajstić information content (AvgIpc) is 3.28. The van der Waals surface area contributed by atoms with Crippen molar-refractivity contribution in [1.82, 2.24) is 4.98 Å². The molecule has 33 heavy (non-hydrogen) atoms. The van der Waals surface area contributed by atoms with Crippen molar-refractivity contribution in [2.24, 2.45) is 5.73 Å². The number of amides is 2. The van der Waals surface area contributed by atoms with Gasteiger partial charge in [-0.3, -0.25) is 9.59 Å². The Kier molecular flexibility index (Phi) is 7.46. The van der Waals surface area contributed by atoms with Gasteiger partial charge in [-0.15, -0.1) is 11.3 Å². The second-order valence-corrected chi connectivity index (χ2v) is 8.07. The average molecular weight is 474 g/mol. The van der Waals surface area contributed by atoms with Gasteiger partial charge in [-0.2, -0.15) is 0 Å². The molecule has 4 N–H and O–H groups in total. The second-order valence-electron chi connectivity index (χ2n) is 7.05. The van der Waals surface area contributed by atoms with E-state index in [9.17, 15) is 19.2 Å². The Morgan fingerprint density at radius 2 is 1.73 bits per heavy atom. The highest BCUT2D eigenvalue weighted by atomic mass is 32.1. The molecule has 2 aromatic heterocycles. The summed E-state index contributed by atoms with van der Waals surface area (Å²) in [5, 5.41) is 3.26. The van der Waals surface area contributed by atoms with Crippen LogP contribution in [0.3, 0.4) is 0 Å². The number of methoxy groups -OCH3 is 1. The Bertz CT molecular complexity index is 1230. The second kappa shape index (κ2) is 10.3. The zero-order chi connectivity index (χ0) is 24.1. The normalized spacial score (nSPS) is 10.8. The van der Waals surface area contributed by atoms with Crippen LogP contribution in [0.15, 0.2) is 24.3 Å². The molecule has 2 amide bonds. The molecule has 0 aliphatic carbocycles. The fourth-order valence-electron chi connectivity index (χ4n) is 3.28. The molecule has 0 atom stereocenters. The topological polar surface area (TPSA) is 150 Å². The molecule has 0 unspecified atom stereocenters. The Labute approximate surface area is 193 Å². The number of fused-ring (bicyclic) bond motifs is 1. The van der Waals surface area contributed by atoms with Crippen LogP contribution in [0.5, 0.6) is 0 Å². The third-order valence-electron chi connectivity index (χ3n) is 4.78. The van der Waals surface area contributed by atoms with Crippen LogP contribution in [0.25, 0.3) is 10.9 Å². The molecule has 3 aromatic rings. The summed E-state index contributed by atoms with van der Waals surface area (Å²) in [5.74, 6) is -2.84. The molecule has 0 spiro atoms. The van der Waals surface area contributed by atoms with Crippen LogP contribution in [-0.4, -0.2) is 55.7 Å². The number of para-hydroxylation sites is 1. The number of aromatic amines is 1. The van der Waals surface area contributed by atoms with Gasteiger partial charge in [0.2, 0.25) is 0 Å². The van der Waals surface area contributed by atoms with Crippen LogP contribution in [0.4, 0.5) is 5.00 Å². The van der Waals surface area contributed by atoms with E-state index in [4.69, 9.17) is 19.9 Å². The molecule has 0 saturated carbocycles. The predicted octanol–water partition coefficient (Wildman–Crippen LogP) is 2.54. The van der Waals surface area contributed by atoms with Crippen LogP contribution in [0.1, 0.15) is 41.6 Å². The summed E-state index contributed by atoms with van der Waals surface area (Å²) in [6, 6.07) is 7.23. The first-order chi connectivity index (χ1) is 15.7. The number of primary amides is 1. The number of carbonyl (C=O) groups is 4. The number of carbonyl (C=O) groups excluding carboxylic acids is 4. The lowest BCUT2D eigenvalue weighted by Crippen LogP contribution is -2.22. The number of aryl methyl sites for hydroxylation is 1. The molecule has 2 heterocycles. The van der Waals surface area contributed by atoms with Crippen molar-refractivity contribution in [3.05, 3.63) is 51.5 Å². The van der Waals surface area contributed by atoms with Crippen LogP contribution in [0, 0.1) is 13.8 Å². The summed E-state index contributed by atoms with van der Waals surface area (Å²) >= 11 is 0.842. The Morgan fingerprint density at radius 1 is 1.03 bits per heavy atom. The number of aromatic nitrogens is 1. The number of nitrogens with two attached hydrogens (primary N) is 1. The number of rotatable bonds is 9. The minimum absolute atomic E-state index is 0.00844. The van der Waals surface area contributed by atoms with Gasteiger partial charge < -0.3 is 30.2 Å². The molecule has 11 heteroatoms. The molecule has 1 aromatic carbocycles. The first kappa shape index (κ1) is 24.0. The van der Waals surface area contributed by atoms with Crippen LogP contribution >= 0.6 is 11.3 Å². The monoisotopic (exact) mass is 473 g/mol. The molecular formula is C22H23N3O7S. The maximum Gasteiger partial charge on any atom is 0.341 e. The van der Waals surface area contributed by atoms with Crippen molar-refractivity contribution in [2.75, 3.05) is 32.2 Å². The van der Waals surface area contributed by atoms with Crippen molar-refractivity contribution < 1.29 is 33.4 Å². The summed E-state index contributed by atoms with van der Waals surface area (Å²) in [4.78, 5) is 52.5. The van der Waals surface area contributed by atoms with Gasteiger partial charge in [0, 0.05) is 23.7 Å². The molecule has 0 bridgehead atoms. The molecule has 0 radical (unpaired) electrons. The summed E-state index contributed by atoms with van der Waals surface area (Å²) in [6.07, 6.45) is 0. The van der Waals surface area contributed by atoms with Crippen molar-refractivity contribution >= 4 is 51.0 Å². The Morgan fingerprint density at radius 3 is 2.42 bits per heavy atom. The zero-order valence-corrected chi connectivity index (χ0v) is 19.1. The highest BCUT2D eigenvalue weighted by Crippen LogP contribution is 2.33. The largest absolute Gasteiger partial charge is 0.460 e. The van der Waals surface area contributed by atoms with Gasteiger partial charge in [0.15, 0.2) is 6.61 Å². The summed E-state index contributed by atoms with van der Waals surface area (Å²) in [7, 11) is 1.46. The van der Waals surface area contributed by atoms with Crippen molar-refractivity contribution in [1.29, 1.82) is 0 Å². The molecule has 10 nitrogen and oxygen atoms in total. The highest BCUT2D eigenvalue weighted by molar-refractivity contribution is 7.18. The van der Waals surface area contributed by atoms with E-state index >= 15 is 0 Å². The molecule has 0 aliphatic rings. The summed E-state index contributed by atoms with van der Waals surface area (Å²) < 4.78 is 15.1. The lowest BCUT2D eigenvalue weighted by Gasteiger charge is -2.09. The number of anilines is 1. The SMILES string of the molecule is COCCOC(=O)c1c(NC(=O)COC(=O)c2c(C)[nH]c3ccccc23)sc(C(N)=O)c1C. The lowest BCUT2D eigenvalue weighted by molar-refractivity contribution is -0.119. The zero-order valence-electron chi connectivity index (χ0n) is 18.3. The Balaban J connectivity index is 1.73. The third kappa shape index (κ3) is 5.21. The number of esters is 2. The van der Waals surface area contributed by atoms with E-state index < -0.39 is 30.4 Å². The minimum Gasteiger partial charge on any atom is -0.460 e. The number of hydrogen-bond acceptors (Lipinski definition) is 8. The van der Waals surface area contributed by atoms with Crippen molar-refractivity contribution in [3.8, 4) is 0 Å². The molecule has 0 fully saturated rings. The molecule has 3 rings (SSSR count). The number of nitrogens with one attached hydrogen (secondary N) is 2. The van der Waals surface area contributed by atoms with Gasteiger partial charge >= 0.3 is 11.9 Å². The van der Waals surface area contributed by atoms with E-state index in [1.165, 1.54) is 14.0 Å². The molecule has 0 aliphatic heterocycles. The fraction of sp³-hybridized carbons (Fsp3) is 0.273. The van der Waals surface area contributed by atoms with Gasteiger partial charge in [0.1, 0.15) is 11.6 Å². The predicted molar refractivity (Wildman–Crippen MR) is 122 cm³/mol. The standard InChI is InChI=1S/C22H23N3O7S/c1-11-16(21(28)31-9-8-30-3)20(33-18(11)19(23)27)25-15(26)10-32-22(29)17-12(2)24-14-7-5-4-6-13(14)17/h4-7,24H,8-10H2,1-3H3,(H2,23,27)(H,25,26). The molecule has 174 valence electrons. The molecule has 0 saturated heterocycles. The smallest absolute Gasteiger partial charge is 0.341 e. The van der Waals surface area contributed by atoms with Gasteiger partial charge in [0.05, 0.1) is 22.6 Å². The van der Waals surface area contributed by atoms with Gasteiger partial charge in [-0.1, -0.05) is 18.2 Å². The highest BCUT2D eigenvalue weighted by Gasteiger charge is 2.26. The van der Waals surface area contributed by atoms with E-state index in [1.54, 1.807) is 19.1 Å². The maximum atomic E-state index is 12.6. The van der Waals surface area contributed by atoms with Gasteiger partial charge in [0.25, 0.3) is 11.8 Å². The van der Waals surface area contributed by atoms with Gasteiger partial charge in [-0.05, 0) is 25.5 Å². The third-order valence-corrected chi connectivity index (χ3v) is 6.00. The maximum absolute atomic E-state index is 12.6. The number of thiophene rings is 1. The lowest BCUT2D eigenvalue weighted by atomic mass is 10.1. The van der Waals surface area contributed by atoms with E-state index in [0.717, 1.165) is 16.9 Å². The van der Waals surface area contributed by atoms with E-state index in [2.05, 4.69) is 10.3 Å². The van der Waals surface area contributed by atoms with Gasteiger partial charge in [-0.25, -0.2) is 9.59 Å². The number of hydrogen-bond donors (Lipinski definition) is 3. The summed E-state index contributed by atoms with van der Waals surface area (Å²) in [5.41, 5.74) is 7.40. The first-order valence-electron chi connectivity index (χ1n) is 9.88. The fourth-order valence-corrected chi connectivity index (χ4v) is 4.34. The molecular weight excluding hydrogens is 450 g/mol. The van der Waals surface area contributed by atoms with E-state index in [0.29, 0.717) is 16.6 Å². The van der Waals surface area contributed by atoms with Crippen LogP contribution in [-0.2, 0) is 19.0 Å². The first-order valence-corrected chi connectivity index (χ1v) is 10.7. The number of benzene rings is 1. The summed E-state index contributed by atoms with van der Waals surface area (Å²) in [6.45, 7) is 2.84. The minimum atomic E-state index is -0.745. The van der Waals surface area contributed by atoms with Crippen molar-refractivity contribution in [2.45, 2.75) is 13.8 Å². The Hall–Kier alpha value is -3.70. The van der Waals surface area contributed by atoms with Crippen molar-refractivity contribution in [3.63, 3.8) is 0 Å². The quantitative estimate of drug-likeness (QED) is 0.319. The number of ether oxygens (including phenoxy) is 3. The van der Waals surface area contributed by atoms with Crippen LogP contribution < -0.4 is 11.1 Å².